The summed E-state index contributed by atoms with van der Waals surface area (Å²) in [7, 11) is 0. The van der Waals surface area contributed by atoms with Gasteiger partial charge in [0, 0.05) is 11.6 Å². The van der Waals surface area contributed by atoms with Crippen LogP contribution in [0.3, 0.4) is 0 Å². The second-order valence-corrected chi connectivity index (χ2v) is 4.40. The standard InChI is InChI=1S/C13H16FNO2/c14-11-6-2-1-5-10(11)12-7-3-4-8-15(12)9-13(16)17/h1-2,5-6,12H,3-4,7-9H2,(H,16,17)/t12-/m1/s1. The summed E-state index contributed by atoms with van der Waals surface area (Å²) in [5, 5.41) is 8.86. The van der Waals surface area contributed by atoms with Gasteiger partial charge in [0.05, 0.1) is 6.54 Å². The number of likely N-dealkylation sites (tertiary alicyclic amines) is 1. The molecule has 4 heteroatoms. The van der Waals surface area contributed by atoms with Crippen molar-refractivity contribution in [2.45, 2.75) is 25.3 Å². The fourth-order valence-corrected chi connectivity index (χ4v) is 2.45. The molecule has 1 aromatic carbocycles. The molecular formula is C13H16FNO2. The first-order valence-electron chi connectivity index (χ1n) is 5.89. The Balaban J connectivity index is 2.21. The molecule has 92 valence electrons. The van der Waals surface area contributed by atoms with Crippen LogP contribution >= 0.6 is 0 Å². The molecule has 0 radical (unpaired) electrons. The summed E-state index contributed by atoms with van der Waals surface area (Å²) < 4.78 is 13.7. The molecule has 1 aromatic rings. The fraction of sp³-hybridized carbons (Fsp3) is 0.462. The lowest BCUT2D eigenvalue weighted by Gasteiger charge is -2.34. The van der Waals surface area contributed by atoms with Gasteiger partial charge >= 0.3 is 5.97 Å². The van der Waals surface area contributed by atoms with Crippen LogP contribution < -0.4 is 0 Å². The normalized spacial score (nSPS) is 21.4. The number of nitrogens with zero attached hydrogens (tertiary/aromatic N) is 1. The highest BCUT2D eigenvalue weighted by Gasteiger charge is 2.27. The number of carbonyl (C=O) groups is 1. The Morgan fingerprint density at radius 1 is 1.41 bits per heavy atom. The first-order valence-corrected chi connectivity index (χ1v) is 5.89. The number of rotatable bonds is 3. The molecule has 17 heavy (non-hydrogen) atoms. The van der Waals surface area contributed by atoms with E-state index in [2.05, 4.69) is 0 Å². The van der Waals surface area contributed by atoms with Gasteiger partial charge in [-0.2, -0.15) is 0 Å². The third-order valence-corrected chi connectivity index (χ3v) is 3.22. The van der Waals surface area contributed by atoms with Crippen molar-refractivity contribution in [1.29, 1.82) is 0 Å². The molecule has 1 aliphatic rings. The van der Waals surface area contributed by atoms with Crippen LogP contribution in [0.2, 0.25) is 0 Å². The van der Waals surface area contributed by atoms with Crippen molar-refractivity contribution in [2.24, 2.45) is 0 Å². The van der Waals surface area contributed by atoms with Crippen molar-refractivity contribution in [3.05, 3.63) is 35.6 Å². The summed E-state index contributed by atoms with van der Waals surface area (Å²) in [5.74, 6) is -1.09. The summed E-state index contributed by atoms with van der Waals surface area (Å²) in [4.78, 5) is 12.6. The van der Waals surface area contributed by atoms with Gasteiger partial charge in [-0.05, 0) is 25.5 Å². The molecule has 0 unspecified atom stereocenters. The van der Waals surface area contributed by atoms with E-state index in [-0.39, 0.29) is 18.4 Å². The summed E-state index contributed by atoms with van der Waals surface area (Å²) in [6.45, 7) is 0.713. The first-order chi connectivity index (χ1) is 8.18. The van der Waals surface area contributed by atoms with Gasteiger partial charge in [-0.25, -0.2) is 4.39 Å². The SMILES string of the molecule is O=C(O)CN1CCCC[C@@H]1c1ccccc1F. The smallest absolute Gasteiger partial charge is 0.317 e. The minimum absolute atomic E-state index is 0.0149. The molecule has 0 aliphatic carbocycles. The van der Waals surface area contributed by atoms with Crippen molar-refractivity contribution < 1.29 is 14.3 Å². The lowest BCUT2D eigenvalue weighted by atomic mass is 9.95. The van der Waals surface area contributed by atoms with Crippen molar-refractivity contribution in [1.82, 2.24) is 4.90 Å². The van der Waals surface area contributed by atoms with Crippen LogP contribution in [0.5, 0.6) is 0 Å². The number of aliphatic carboxylic acids is 1. The quantitative estimate of drug-likeness (QED) is 0.877. The second-order valence-electron chi connectivity index (χ2n) is 4.40. The largest absolute Gasteiger partial charge is 0.480 e. The average molecular weight is 237 g/mol. The maximum atomic E-state index is 13.7. The summed E-state index contributed by atoms with van der Waals surface area (Å²) in [6, 6.07) is 6.54. The van der Waals surface area contributed by atoms with E-state index in [1.54, 1.807) is 18.2 Å². The van der Waals surface area contributed by atoms with E-state index in [1.165, 1.54) is 6.07 Å². The van der Waals surface area contributed by atoms with Crippen LogP contribution in [0.4, 0.5) is 4.39 Å². The topological polar surface area (TPSA) is 40.5 Å². The van der Waals surface area contributed by atoms with Crippen molar-refractivity contribution in [2.75, 3.05) is 13.1 Å². The summed E-state index contributed by atoms with van der Waals surface area (Å²) >= 11 is 0. The van der Waals surface area contributed by atoms with Crippen LogP contribution in [-0.4, -0.2) is 29.1 Å². The molecular weight excluding hydrogens is 221 g/mol. The Labute approximate surface area is 99.9 Å². The van der Waals surface area contributed by atoms with E-state index in [1.807, 2.05) is 4.90 Å². The Hall–Kier alpha value is -1.42. The number of carboxylic acid groups (broad SMARTS) is 1. The highest BCUT2D eigenvalue weighted by molar-refractivity contribution is 5.69. The molecule has 0 bridgehead atoms. The molecule has 0 amide bonds. The van der Waals surface area contributed by atoms with Crippen LogP contribution in [-0.2, 0) is 4.79 Å². The van der Waals surface area contributed by atoms with E-state index < -0.39 is 5.97 Å². The van der Waals surface area contributed by atoms with Gasteiger partial charge in [0.1, 0.15) is 5.82 Å². The molecule has 1 atom stereocenters. The minimum atomic E-state index is -0.853. The van der Waals surface area contributed by atoms with Gasteiger partial charge in [-0.15, -0.1) is 0 Å². The van der Waals surface area contributed by atoms with Gasteiger partial charge in [0.25, 0.3) is 0 Å². The zero-order chi connectivity index (χ0) is 12.3. The number of hydrogen-bond donors (Lipinski definition) is 1. The van der Waals surface area contributed by atoms with Crippen molar-refractivity contribution in [3.63, 3.8) is 0 Å². The van der Waals surface area contributed by atoms with Gasteiger partial charge < -0.3 is 5.11 Å². The molecule has 2 rings (SSSR count). The van der Waals surface area contributed by atoms with Crippen LogP contribution in [0.25, 0.3) is 0 Å². The Morgan fingerprint density at radius 3 is 2.88 bits per heavy atom. The van der Waals surface area contributed by atoms with E-state index in [0.29, 0.717) is 5.56 Å². The summed E-state index contributed by atoms with van der Waals surface area (Å²) in [6.07, 6.45) is 2.83. The molecule has 1 fully saturated rings. The third kappa shape index (κ3) is 2.82. The predicted octanol–water partition coefficient (Wildman–Crippen LogP) is 2.44. The Kier molecular flexibility index (Phi) is 3.74. The molecule has 1 N–H and O–H groups in total. The number of carboxylic acids is 1. The van der Waals surface area contributed by atoms with Gasteiger partial charge in [-0.1, -0.05) is 24.6 Å². The van der Waals surface area contributed by atoms with Gasteiger partial charge in [0.15, 0.2) is 0 Å². The van der Waals surface area contributed by atoms with E-state index >= 15 is 0 Å². The molecule has 3 nitrogen and oxygen atoms in total. The predicted molar refractivity (Wildman–Crippen MR) is 62.2 cm³/mol. The van der Waals surface area contributed by atoms with E-state index in [9.17, 15) is 9.18 Å². The Morgan fingerprint density at radius 2 is 2.18 bits per heavy atom. The van der Waals surface area contributed by atoms with E-state index in [0.717, 1.165) is 25.8 Å². The maximum Gasteiger partial charge on any atom is 0.317 e. The third-order valence-electron chi connectivity index (χ3n) is 3.22. The minimum Gasteiger partial charge on any atom is -0.480 e. The first kappa shape index (κ1) is 12.0. The lowest BCUT2D eigenvalue weighted by molar-refractivity contribution is -0.139. The van der Waals surface area contributed by atoms with Crippen LogP contribution in [0.15, 0.2) is 24.3 Å². The maximum absolute atomic E-state index is 13.7. The summed E-state index contributed by atoms with van der Waals surface area (Å²) in [5.41, 5.74) is 0.619. The lowest BCUT2D eigenvalue weighted by Crippen LogP contribution is -2.37. The number of benzene rings is 1. The van der Waals surface area contributed by atoms with Gasteiger partial charge in [-0.3, -0.25) is 9.69 Å². The number of halogens is 1. The number of hydrogen-bond acceptors (Lipinski definition) is 2. The molecule has 0 aromatic heterocycles. The molecule has 0 saturated carbocycles. The second kappa shape index (κ2) is 5.27. The highest BCUT2D eigenvalue weighted by Crippen LogP contribution is 2.31. The van der Waals surface area contributed by atoms with Crippen molar-refractivity contribution >= 4 is 5.97 Å². The average Bonchev–Trinajstić information content (AvgIpc) is 2.30. The van der Waals surface area contributed by atoms with Gasteiger partial charge in [0.2, 0.25) is 0 Å². The molecule has 0 spiro atoms. The van der Waals surface area contributed by atoms with Crippen LogP contribution in [0, 0.1) is 5.82 Å². The zero-order valence-electron chi connectivity index (χ0n) is 9.60. The fourth-order valence-electron chi connectivity index (χ4n) is 2.45. The van der Waals surface area contributed by atoms with Crippen molar-refractivity contribution in [3.8, 4) is 0 Å². The molecule has 1 saturated heterocycles. The molecule has 1 heterocycles. The Bertz CT molecular complexity index is 408. The zero-order valence-corrected chi connectivity index (χ0v) is 9.60. The monoisotopic (exact) mass is 237 g/mol. The molecule has 1 aliphatic heterocycles. The number of piperidine rings is 1. The van der Waals surface area contributed by atoms with Crippen LogP contribution in [0.1, 0.15) is 30.9 Å². The van der Waals surface area contributed by atoms with E-state index in [4.69, 9.17) is 5.11 Å². The highest BCUT2D eigenvalue weighted by atomic mass is 19.1.